The third kappa shape index (κ3) is 3.25. The normalized spacial score (nSPS) is 15.9. The van der Waals surface area contributed by atoms with Crippen LogP contribution in [0, 0.1) is 0 Å². The fourth-order valence-electron chi connectivity index (χ4n) is 3.15. The first kappa shape index (κ1) is 16.4. The lowest BCUT2D eigenvalue weighted by molar-refractivity contribution is -0.0202. The molecule has 130 valence electrons. The van der Waals surface area contributed by atoms with Crippen LogP contribution in [0.2, 0.25) is 0 Å². The second-order valence-electron chi connectivity index (χ2n) is 6.55. The molecule has 2 aromatic heterocycles. The molecule has 0 aliphatic heterocycles. The van der Waals surface area contributed by atoms with Gasteiger partial charge in [-0.3, -0.25) is 0 Å². The summed E-state index contributed by atoms with van der Waals surface area (Å²) in [4.78, 5) is 10.2. The monoisotopic (exact) mass is 355 g/mol. The maximum Gasteiger partial charge on any atom is 0.158 e. The molecule has 0 unspecified atom stereocenters. The molecule has 2 N–H and O–H groups in total. The Morgan fingerprint density at radius 1 is 1.24 bits per heavy atom. The Morgan fingerprint density at radius 3 is 2.72 bits per heavy atom. The minimum absolute atomic E-state index is 0.369. The van der Waals surface area contributed by atoms with Gasteiger partial charge in [0, 0.05) is 24.6 Å². The van der Waals surface area contributed by atoms with Crippen LogP contribution in [-0.4, -0.2) is 34.3 Å². The molecule has 2 heterocycles. The van der Waals surface area contributed by atoms with Crippen molar-refractivity contribution < 1.29 is 9.84 Å². The molecule has 0 atom stereocenters. The van der Waals surface area contributed by atoms with Crippen molar-refractivity contribution in [3.8, 4) is 11.1 Å². The number of ether oxygens (including phenoxy) is 1. The number of hydrogen-bond acceptors (Lipinski definition) is 6. The quantitative estimate of drug-likeness (QED) is 0.703. The third-order valence-corrected chi connectivity index (χ3v) is 5.58. The minimum Gasteiger partial charge on any atom is -0.388 e. The Labute approximate surface area is 150 Å². The molecule has 0 bridgehead atoms. The van der Waals surface area contributed by atoms with E-state index in [2.05, 4.69) is 32.8 Å². The van der Waals surface area contributed by atoms with Crippen LogP contribution in [0.1, 0.15) is 25.1 Å². The first-order chi connectivity index (χ1) is 12.2. The van der Waals surface area contributed by atoms with Crippen molar-refractivity contribution in [2.75, 3.05) is 19.0 Å². The smallest absolute Gasteiger partial charge is 0.158 e. The fraction of sp³-hybridized carbons (Fsp3) is 0.368. The number of anilines is 1. The molecule has 25 heavy (non-hydrogen) atoms. The summed E-state index contributed by atoms with van der Waals surface area (Å²) in [5.41, 5.74) is 1.65. The van der Waals surface area contributed by atoms with E-state index in [0.29, 0.717) is 19.0 Å². The highest BCUT2D eigenvalue weighted by molar-refractivity contribution is 7.17. The van der Waals surface area contributed by atoms with Crippen LogP contribution in [-0.2, 0) is 11.3 Å². The Balaban J connectivity index is 1.77. The van der Waals surface area contributed by atoms with Gasteiger partial charge in [-0.2, -0.15) is 0 Å². The fourth-order valence-corrected chi connectivity index (χ4v) is 4.11. The lowest BCUT2D eigenvalue weighted by atomic mass is 9.80. The molecule has 0 saturated heterocycles. The average molecular weight is 355 g/mol. The van der Waals surface area contributed by atoms with E-state index in [0.717, 1.165) is 46.4 Å². The summed E-state index contributed by atoms with van der Waals surface area (Å²) in [6.45, 7) is 0.878. The summed E-state index contributed by atoms with van der Waals surface area (Å²) < 4.78 is 5.20. The number of rotatable bonds is 6. The first-order valence-electron chi connectivity index (χ1n) is 8.47. The average Bonchev–Trinajstić information content (AvgIpc) is 3.03. The topological polar surface area (TPSA) is 67.3 Å². The molecule has 0 radical (unpaired) electrons. The third-order valence-electron chi connectivity index (χ3n) is 4.71. The number of aliphatic hydroxyl groups is 1. The van der Waals surface area contributed by atoms with Crippen molar-refractivity contribution >= 4 is 27.4 Å². The van der Waals surface area contributed by atoms with Gasteiger partial charge < -0.3 is 15.2 Å². The van der Waals surface area contributed by atoms with Crippen LogP contribution in [0.4, 0.5) is 5.82 Å². The van der Waals surface area contributed by atoms with E-state index in [1.807, 2.05) is 18.2 Å². The van der Waals surface area contributed by atoms with Crippen LogP contribution in [0.5, 0.6) is 0 Å². The molecule has 3 aromatic rings. The van der Waals surface area contributed by atoms with Gasteiger partial charge in [-0.15, -0.1) is 11.3 Å². The van der Waals surface area contributed by atoms with E-state index in [1.165, 1.54) is 0 Å². The minimum atomic E-state index is -0.609. The number of hydrogen-bond donors (Lipinski definition) is 2. The molecule has 0 amide bonds. The standard InChI is InChI=1S/C19H21N3O2S/c1-24-10-15-21-17(20-12-19(23)8-5-9-19)16-14(11-25-18(16)22-15)13-6-3-2-4-7-13/h2-4,6-7,11,23H,5,8-10,12H2,1H3,(H,20,21,22). The van der Waals surface area contributed by atoms with Crippen LogP contribution < -0.4 is 5.32 Å². The number of thiophene rings is 1. The summed E-state index contributed by atoms with van der Waals surface area (Å²) in [5.74, 6) is 1.43. The molecular weight excluding hydrogens is 334 g/mol. The van der Waals surface area contributed by atoms with Gasteiger partial charge in [-0.1, -0.05) is 30.3 Å². The zero-order valence-electron chi connectivity index (χ0n) is 14.2. The Bertz CT molecular complexity index is 875. The van der Waals surface area contributed by atoms with E-state index < -0.39 is 5.60 Å². The number of aromatic nitrogens is 2. The van der Waals surface area contributed by atoms with E-state index in [4.69, 9.17) is 4.74 Å². The predicted molar refractivity (Wildman–Crippen MR) is 101 cm³/mol. The van der Waals surface area contributed by atoms with Crippen molar-refractivity contribution in [2.45, 2.75) is 31.5 Å². The van der Waals surface area contributed by atoms with Gasteiger partial charge in [0.25, 0.3) is 0 Å². The highest BCUT2D eigenvalue weighted by Gasteiger charge is 2.34. The van der Waals surface area contributed by atoms with Crippen molar-refractivity contribution in [3.05, 3.63) is 41.5 Å². The summed E-state index contributed by atoms with van der Waals surface area (Å²) in [6.07, 6.45) is 2.77. The zero-order valence-corrected chi connectivity index (χ0v) is 15.0. The summed E-state index contributed by atoms with van der Waals surface area (Å²) in [7, 11) is 1.64. The van der Waals surface area contributed by atoms with Crippen LogP contribution >= 0.6 is 11.3 Å². The molecule has 1 aromatic carbocycles. The Kier molecular flexibility index (Phi) is 4.41. The van der Waals surface area contributed by atoms with Gasteiger partial charge in [-0.05, 0) is 24.8 Å². The van der Waals surface area contributed by atoms with Crippen LogP contribution in [0.15, 0.2) is 35.7 Å². The van der Waals surface area contributed by atoms with Crippen LogP contribution in [0.3, 0.4) is 0 Å². The molecule has 4 rings (SSSR count). The lowest BCUT2D eigenvalue weighted by Gasteiger charge is -2.36. The summed E-state index contributed by atoms with van der Waals surface area (Å²) in [6, 6.07) is 10.3. The van der Waals surface area contributed by atoms with E-state index >= 15 is 0 Å². The number of methoxy groups -OCH3 is 1. The second-order valence-corrected chi connectivity index (χ2v) is 7.41. The number of nitrogens with zero attached hydrogens (tertiary/aromatic N) is 2. The number of benzene rings is 1. The van der Waals surface area contributed by atoms with Gasteiger partial charge in [0.15, 0.2) is 5.82 Å². The van der Waals surface area contributed by atoms with Gasteiger partial charge in [-0.25, -0.2) is 9.97 Å². The van der Waals surface area contributed by atoms with Crippen molar-refractivity contribution in [2.24, 2.45) is 0 Å². The number of nitrogens with one attached hydrogen (secondary N) is 1. The van der Waals surface area contributed by atoms with E-state index in [9.17, 15) is 5.11 Å². The maximum atomic E-state index is 10.4. The highest BCUT2D eigenvalue weighted by atomic mass is 32.1. The van der Waals surface area contributed by atoms with Gasteiger partial charge in [0.05, 0.1) is 11.0 Å². The van der Waals surface area contributed by atoms with E-state index in [-0.39, 0.29) is 0 Å². The van der Waals surface area contributed by atoms with Gasteiger partial charge >= 0.3 is 0 Å². The summed E-state index contributed by atoms with van der Waals surface area (Å²) >= 11 is 1.61. The maximum absolute atomic E-state index is 10.4. The van der Waals surface area contributed by atoms with Gasteiger partial charge in [0.1, 0.15) is 17.3 Å². The second kappa shape index (κ2) is 6.71. The molecule has 1 aliphatic rings. The highest BCUT2D eigenvalue weighted by Crippen LogP contribution is 2.38. The SMILES string of the molecule is COCc1nc(NCC2(O)CCC2)c2c(-c3ccccc3)csc2n1. The first-order valence-corrected chi connectivity index (χ1v) is 9.35. The Hall–Kier alpha value is -2.02. The largest absolute Gasteiger partial charge is 0.388 e. The van der Waals surface area contributed by atoms with Gasteiger partial charge in [0.2, 0.25) is 0 Å². The Morgan fingerprint density at radius 2 is 2.04 bits per heavy atom. The molecule has 1 aliphatic carbocycles. The lowest BCUT2D eigenvalue weighted by Crippen LogP contribution is -2.43. The zero-order chi connectivity index (χ0) is 17.3. The van der Waals surface area contributed by atoms with Crippen LogP contribution in [0.25, 0.3) is 21.3 Å². The molecule has 5 nitrogen and oxygen atoms in total. The molecule has 0 spiro atoms. The van der Waals surface area contributed by atoms with E-state index in [1.54, 1.807) is 18.4 Å². The van der Waals surface area contributed by atoms with Crippen molar-refractivity contribution in [1.29, 1.82) is 0 Å². The molecule has 1 fully saturated rings. The summed E-state index contributed by atoms with van der Waals surface area (Å²) in [5, 5.41) is 16.9. The van der Waals surface area contributed by atoms with Crippen molar-refractivity contribution in [1.82, 2.24) is 9.97 Å². The van der Waals surface area contributed by atoms with Crippen molar-refractivity contribution in [3.63, 3.8) is 0 Å². The number of fused-ring (bicyclic) bond motifs is 1. The molecule has 1 saturated carbocycles. The molecule has 6 heteroatoms. The predicted octanol–water partition coefficient (Wildman–Crippen LogP) is 3.83. The molecular formula is C19H21N3O2S.